The highest BCUT2D eigenvalue weighted by atomic mass is 127. The zero-order valence-electron chi connectivity index (χ0n) is 10.9. The molecule has 0 spiro atoms. The number of nitrogens with zero attached hydrogens (tertiary/aromatic N) is 3. The summed E-state index contributed by atoms with van der Waals surface area (Å²) in [6.07, 6.45) is 3.60. The second-order valence-corrected chi connectivity index (χ2v) is 5.11. The van der Waals surface area contributed by atoms with Crippen LogP contribution in [0, 0.1) is 3.57 Å². The van der Waals surface area contributed by atoms with Crippen LogP contribution in [0.15, 0.2) is 18.3 Å². The molecule has 0 saturated carbocycles. The van der Waals surface area contributed by atoms with Crippen molar-refractivity contribution in [2.45, 2.75) is 19.8 Å². The SMILES string of the molecule is CCCc1nc(-c2ccc(OC)nc2)nc(N)c1I. The van der Waals surface area contributed by atoms with Gasteiger partial charge in [0.2, 0.25) is 5.88 Å². The van der Waals surface area contributed by atoms with Crippen LogP contribution in [0.2, 0.25) is 0 Å². The van der Waals surface area contributed by atoms with Crippen molar-refractivity contribution in [1.29, 1.82) is 0 Å². The van der Waals surface area contributed by atoms with Gasteiger partial charge in [-0.05, 0) is 35.1 Å². The fraction of sp³-hybridized carbons (Fsp3) is 0.308. The Labute approximate surface area is 125 Å². The summed E-state index contributed by atoms with van der Waals surface area (Å²) < 4.78 is 5.97. The van der Waals surface area contributed by atoms with E-state index in [0.717, 1.165) is 27.7 Å². The number of halogens is 1. The Bertz CT molecular complexity index is 572. The summed E-state index contributed by atoms with van der Waals surface area (Å²) in [4.78, 5) is 13.0. The molecule has 6 heteroatoms. The molecule has 0 amide bonds. The Hall–Kier alpha value is -1.44. The molecule has 0 bridgehead atoms. The van der Waals surface area contributed by atoms with Crippen LogP contribution in [0.1, 0.15) is 19.0 Å². The number of aryl methyl sites for hydroxylation is 1. The fourth-order valence-electron chi connectivity index (χ4n) is 1.68. The number of anilines is 1. The number of hydrogen-bond donors (Lipinski definition) is 1. The monoisotopic (exact) mass is 370 g/mol. The topological polar surface area (TPSA) is 73.9 Å². The number of methoxy groups -OCH3 is 1. The number of pyridine rings is 1. The molecular weight excluding hydrogens is 355 g/mol. The molecule has 19 heavy (non-hydrogen) atoms. The van der Waals surface area contributed by atoms with Gasteiger partial charge in [-0.25, -0.2) is 15.0 Å². The molecule has 0 aliphatic rings. The fourth-order valence-corrected chi connectivity index (χ4v) is 2.19. The lowest BCUT2D eigenvalue weighted by Gasteiger charge is -2.08. The maximum atomic E-state index is 5.94. The third kappa shape index (κ3) is 3.12. The van der Waals surface area contributed by atoms with Gasteiger partial charge in [0.25, 0.3) is 0 Å². The van der Waals surface area contributed by atoms with Crippen LogP contribution in [-0.4, -0.2) is 22.1 Å². The van der Waals surface area contributed by atoms with E-state index >= 15 is 0 Å². The van der Waals surface area contributed by atoms with E-state index in [4.69, 9.17) is 10.5 Å². The largest absolute Gasteiger partial charge is 0.481 e. The Morgan fingerprint density at radius 1 is 1.32 bits per heavy atom. The third-order valence-electron chi connectivity index (χ3n) is 2.64. The minimum Gasteiger partial charge on any atom is -0.481 e. The van der Waals surface area contributed by atoms with E-state index in [-0.39, 0.29) is 0 Å². The van der Waals surface area contributed by atoms with Crippen LogP contribution in [0.5, 0.6) is 5.88 Å². The Kier molecular flexibility index (Phi) is 4.52. The molecule has 0 fully saturated rings. The van der Waals surface area contributed by atoms with Gasteiger partial charge in [0.05, 0.1) is 16.4 Å². The quantitative estimate of drug-likeness (QED) is 0.838. The van der Waals surface area contributed by atoms with Gasteiger partial charge in [-0.3, -0.25) is 0 Å². The van der Waals surface area contributed by atoms with Crippen molar-refractivity contribution in [3.63, 3.8) is 0 Å². The summed E-state index contributed by atoms with van der Waals surface area (Å²) >= 11 is 2.19. The predicted octanol–water partition coefficient (Wildman–Crippen LogP) is 2.69. The van der Waals surface area contributed by atoms with Crippen molar-refractivity contribution < 1.29 is 4.74 Å². The van der Waals surface area contributed by atoms with E-state index in [9.17, 15) is 0 Å². The summed E-state index contributed by atoms with van der Waals surface area (Å²) in [5.74, 6) is 1.69. The predicted molar refractivity (Wildman–Crippen MR) is 82.9 cm³/mol. The molecule has 2 rings (SSSR count). The van der Waals surface area contributed by atoms with Crippen molar-refractivity contribution in [1.82, 2.24) is 15.0 Å². The molecule has 0 aromatic carbocycles. The summed E-state index contributed by atoms with van der Waals surface area (Å²) in [5, 5.41) is 0. The smallest absolute Gasteiger partial charge is 0.212 e. The van der Waals surface area contributed by atoms with Crippen molar-refractivity contribution in [2.24, 2.45) is 0 Å². The normalized spacial score (nSPS) is 10.5. The van der Waals surface area contributed by atoms with E-state index in [1.54, 1.807) is 19.4 Å². The van der Waals surface area contributed by atoms with E-state index in [1.807, 2.05) is 6.07 Å². The zero-order chi connectivity index (χ0) is 13.8. The third-order valence-corrected chi connectivity index (χ3v) is 3.81. The minimum absolute atomic E-state index is 0.518. The lowest BCUT2D eigenvalue weighted by molar-refractivity contribution is 0.398. The summed E-state index contributed by atoms with van der Waals surface area (Å²) in [6, 6.07) is 3.66. The highest BCUT2D eigenvalue weighted by Gasteiger charge is 2.11. The van der Waals surface area contributed by atoms with Crippen molar-refractivity contribution >= 4 is 28.4 Å². The second kappa shape index (κ2) is 6.14. The molecule has 0 saturated heterocycles. The number of rotatable bonds is 4. The van der Waals surface area contributed by atoms with Crippen molar-refractivity contribution in [2.75, 3.05) is 12.8 Å². The van der Waals surface area contributed by atoms with Crippen LogP contribution >= 0.6 is 22.6 Å². The van der Waals surface area contributed by atoms with Crippen molar-refractivity contribution in [3.05, 3.63) is 27.6 Å². The molecule has 2 aromatic rings. The average Bonchev–Trinajstić information content (AvgIpc) is 2.44. The number of aromatic nitrogens is 3. The standard InChI is InChI=1S/C13H15IN4O/c1-3-4-9-11(14)12(15)18-13(17-9)8-5-6-10(19-2)16-7-8/h5-7H,3-4H2,1-2H3,(H2,15,17,18). The van der Waals surface area contributed by atoms with E-state index in [1.165, 1.54) is 0 Å². The Balaban J connectivity index is 2.43. The maximum Gasteiger partial charge on any atom is 0.212 e. The summed E-state index contributed by atoms with van der Waals surface area (Å²) in [7, 11) is 1.58. The van der Waals surface area contributed by atoms with Gasteiger partial charge in [-0.15, -0.1) is 0 Å². The number of nitrogens with two attached hydrogens (primary N) is 1. The molecule has 0 radical (unpaired) electrons. The van der Waals surface area contributed by atoms with Gasteiger partial charge in [0.1, 0.15) is 5.82 Å². The first-order valence-corrected chi connectivity index (χ1v) is 7.06. The van der Waals surface area contributed by atoms with Crippen LogP contribution in [0.3, 0.4) is 0 Å². The molecule has 0 aliphatic heterocycles. The molecule has 0 aliphatic carbocycles. The Morgan fingerprint density at radius 2 is 2.11 bits per heavy atom. The minimum atomic E-state index is 0.518. The highest BCUT2D eigenvalue weighted by Crippen LogP contribution is 2.23. The zero-order valence-corrected chi connectivity index (χ0v) is 13.0. The molecule has 0 unspecified atom stereocenters. The summed E-state index contributed by atoms with van der Waals surface area (Å²) in [6.45, 7) is 2.11. The average molecular weight is 370 g/mol. The van der Waals surface area contributed by atoms with E-state index < -0.39 is 0 Å². The van der Waals surface area contributed by atoms with E-state index in [0.29, 0.717) is 17.5 Å². The van der Waals surface area contributed by atoms with Crippen molar-refractivity contribution in [3.8, 4) is 17.3 Å². The maximum absolute atomic E-state index is 5.94. The Morgan fingerprint density at radius 3 is 2.68 bits per heavy atom. The van der Waals surface area contributed by atoms with Gasteiger partial charge < -0.3 is 10.5 Å². The summed E-state index contributed by atoms with van der Waals surface area (Å²) in [5.41, 5.74) is 7.76. The first-order valence-electron chi connectivity index (χ1n) is 5.98. The number of nitrogen functional groups attached to an aromatic ring is 1. The number of ether oxygens (including phenoxy) is 1. The van der Waals surface area contributed by atoms with Gasteiger partial charge in [-0.1, -0.05) is 13.3 Å². The van der Waals surface area contributed by atoms with Gasteiger partial charge >= 0.3 is 0 Å². The van der Waals surface area contributed by atoms with Crippen LogP contribution in [0.25, 0.3) is 11.4 Å². The van der Waals surface area contributed by atoms with E-state index in [2.05, 4.69) is 44.5 Å². The molecule has 2 aromatic heterocycles. The van der Waals surface area contributed by atoms with Crippen LogP contribution in [-0.2, 0) is 6.42 Å². The molecule has 100 valence electrons. The molecular formula is C13H15IN4O. The molecule has 2 heterocycles. The molecule has 5 nitrogen and oxygen atoms in total. The lowest BCUT2D eigenvalue weighted by Crippen LogP contribution is -2.05. The highest BCUT2D eigenvalue weighted by molar-refractivity contribution is 14.1. The van der Waals surface area contributed by atoms with Crippen LogP contribution < -0.4 is 10.5 Å². The second-order valence-electron chi connectivity index (χ2n) is 4.03. The van der Waals surface area contributed by atoms with Gasteiger partial charge in [-0.2, -0.15) is 0 Å². The molecule has 2 N–H and O–H groups in total. The lowest BCUT2D eigenvalue weighted by atomic mass is 10.2. The van der Waals surface area contributed by atoms with Crippen LogP contribution in [0.4, 0.5) is 5.82 Å². The van der Waals surface area contributed by atoms with Gasteiger partial charge in [0, 0.05) is 17.8 Å². The molecule has 0 atom stereocenters. The van der Waals surface area contributed by atoms with Gasteiger partial charge in [0.15, 0.2) is 5.82 Å². The first kappa shape index (κ1) is 14.0. The first-order chi connectivity index (χ1) is 9.15. The number of hydrogen-bond acceptors (Lipinski definition) is 5.